The monoisotopic (exact) mass is 820 g/mol. The Bertz CT molecular complexity index is 1510. The fourth-order valence-electron chi connectivity index (χ4n) is 5.27. The lowest BCUT2D eigenvalue weighted by molar-refractivity contribution is -0.355. The molecule has 2 heterocycles. The summed E-state index contributed by atoms with van der Waals surface area (Å²) in [5.74, 6) is -1.73. The standard InChI is InChI=1S/C19H24N2O4.C12H22O11.C4H4O4.H2O/c1-13(9-14-3-6-16(25-2)7-4-14)20-11-19(24)15-5-8-18(23)17(10-15)21-12-22;13-1-3-5(15)6(16)9(19)12(22-3)23-10-4(2-14)21-11(20)8(18)7(10)17;5-3(6)1-2-4(7)8;/h3-8,10,12-13,19-20,23-24H,9,11H2,1-2H3,(H,21,22);3-20H,1-2H2;1-2H,(H,5,6)(H,7,8);1H2/b;;2-1+;/t13-,19+;3-,4-,5+,6+,7-,8-,9-,10-,11-,12+;;/m11../s1. The minimum Gasteiger partial charge on any atom is -0.506 e. The van der Waals surface area contributed by atoms with E-state index in [0.717, 1.165) is 12.2 Å². The van der Waals surface area contributed by atoms with Crippen molar-refractivity contribution in [3.8, 4) is 11.5 Å². The van der Waals surface area contributed by atoms with Crippen LogP contribution in [0.1, 0.15) is 24.2 Å². The van der Waals surface area contributed by atoms with Gasteiger partial charge in [0.05, 0.1) is 32.1 Å². The summed E-state index contributed by atoms with van der Waals surface area (Å²) < 4.78 is 20.4. The summed E-state index contributed by atoms with van der Waals surface area (Å²) in [6.45, 7) is 1.07. The molecule has 22 nitrogen and oxygen atoms in total. The Morgan fingerprint density at radius 2 is 1.44 bits per heavy atom. The lowest BCUT2D eigenvalue weighted by atomic mass is 9.97. The number of phenols is 1. The number of carbonyl (C=O) groups is 3. The summed E-state index contributed by atoms with van der Waals surface area (Å²) in [4.78, 5) is 29.6. The fourth-order valence-corrected chi connectivity index (χ4v) is 5.27. The maximum atomic E-state index is 10.5. The van der Waals surface area contributed by atoms with Crippen LogP contribution in [0.5, 0.6) is 11.5 Å². The number of hydrogen-bond acceptors (Lipinski definition) is 18. The first-order valence-electron chi connectivity index (χ1n) is 17.0. The molecule has 12 atom stereocenters. The predicted molar refractivity (Wildman–Crippen MR) is 194 cm³/mol. The zero-order valence-corrected chi connectivity index (χ0v) is 30.8. The quantitative estimate of drug-likeness (QED) is 0.0459. The van der Waals surface area contributed by atoms with Crippen molar-refractivity contribution in [1.29, 1.82) is 0 Å². The van der Waals surface area contributed by atoms with E-state index in [0.29, 0.717) is 30.7 Å². The third kappa shape index (κ3) is 15.8. The highest BCUT2D eigenvalue weighted by molar-refractivity contribution is 5.89. The maximum Gasteiger partial charge on any atom is 0.328 e. The number of phenolic OH excluding ortho intramolecular Hbond substituents is 1. The summed E-state index contributed by atoms with van der Waals surface area (Å²) in [5.41, 5.74) is 2.07. The molecular weight excluding hydrogens is 768 g/mol. The number of carbonyl (C=O) groups excluding carboxylic acids is 1. The first-order valence-corrected chi connectivity index (χ1v) is 17.0. The van der Waals surface area contributed by atoms with Crippen LogP contribution in [0.3, 0.4) is 0 Å². The zero-order chi connectivity index (χ0) is 42.1. The number of aromatic hydroxyl groups is 1. The average molecular weight is 821 g/mol. The molecule has 2 aromatic rings. The van der Waals surface area contributed by atoms with Crippen molar-refractivity contribution in [2.24, 2.45) is 0 Å². The number of ether oxygens (including phenoxy) is 4. The number of benzene rings is 2. The van der Waals surface area contributed by atoms with Gasteiger partial charge in [0.15, 0.2) is 12.6 Å². The number of aliphatic hydroxyl groups is 9. The van der Waals surface area contributed by atoms with Crippen molar-refractivity contribution in [3.05, 3.63) is 65.7 Å². The van der Waals surface area contributed by atoms with Crippen LogP contribution in [0.15, 0.2) is 54.6 Å². The minimum absolute atomic E-state index is 0. The molecule has 2 aromatic carbocycles. The number of carboxylic acid groups (broad SMARTS) is 2. The number of carboxylic acids is 2. The van der Waals surface area contributed by atoms with Crippen molar-refractivity contribution in [1.82, 2.24) is 5.32 Å². The van der Waals surface area contributed by atoms with Gasteiger partial charge in [-0.3, -0.25) is 4.79 Å². The van der Waals surface area contributed by atoms with E-state index in [9.17, 15) is 60.3 Å². The van der Waals surface area contributed by atoms with Gasteiger partial charge < -0.3 is 96.3 Å². The number of aliphatic hydroxyl groups excluding tert-OH is 9. The fraction of sp³-hybridized carbons (Fsp3) is 0.514. The van der Waals surface area contributed by atoms with Gasteiger partial charge >= 0.3 is 11.9 Å². The number of hydrogen-bond donors (Lipinski definition) is 14. The molecule has 2 fully saturated rings. The van der Waals surface area contributed by atoms with Crippen molar-refractivity contribution in [2.45, 2.75) is 86.9 Å². The summed E-state index contributed by atoms with van der Waals surface area (Å²) in [6, 6.07) is 12.7. The van der Waals surface area contributed by atoms with Gasteiger partial charge in [0.25, 0.3) is 0 Å². The predicted octanol–water partition coefficient (Wildman–Crippen LogP) is -4.29. The molecule has 0 spiro atoms. The Balaban J connectivity index is 0.000000473. The van der Waals surface area contributed by atoms with Gasteiger partial charge in [-0.1, -0.05) is 18.2 Å². The van der Waals surface area contributed by atoms with Gasteiger partial charge in [0.1, 0.15) is 60.3 Å². The van der Waals surface area contributed by atoms with Gasteiger partial charge in [0.2, 0.25) is 6.41 Å². The summed E-state index contributed by atoms with van der Waals surface area (Å²) in [7, 11) is 1.64. The van der Waals surface area contributed by atoms with E-state index >= 15 is 0 Å². The van der Waals surface area contributed by atoms with Gasteiger partial charge in [-0.25, -0.2) is 9.59 Å². The SMILES string of the molecule is COc1ccc(C[C@@H](C)NC[C@H](O)c2ccc(O)c(NC=O)c2)cc1.O.O=C(O)/C=C/C(=O)O.OC[C@H]1O[C@@H](O[C@H]2[C@H](O)[C@@H](O)[C@H](O)O[C@@H]2CO)[C@H](O)[C@@H](O)[C@H]1O. The van der Waals surface area contributed by atoms with E-state index in [1.807, 2.05) is 31.2 Å². The molecular formula is C35H52N2O20. The van der Waals surface area contributed by atoms with E-state index < -0.39 is 92.7 Å². The van der Waals surface area contributed by atoms with Gasteiger partial charge in [-0.05, 0) is 48.7 Å². The molecule has 322 valence electrons. The number of nitrogens with one attached hydrogen (secondary N) is 2. The van der Waals surface area contributed by atoms with E-state index in [1.54, 1.807) is 19.2 Å². The van der Waals surface area contributed by atoms with Gasteiger partial charge in [0, 0.05) is 24.7 Å². The Morgan fingerprint density at radius 3 is 1.96 bits per heavy atom. The topological polar surface area (TPSA) is 386 Å². The van der Waals surface area contributed by atoms with E-state index in [2.05, 4.69) is 10.6 Å². The van der Waals surface area contributed by atoms with Crippen LogP contribution in [-0.2, 0) is 35.0 Å². The molecule has 57 heavy (non-hydrogen) atoms. The third-order valence-corrected chi connectivity index (χ3v) is 8.33. The second kappa shape index (κ2) is 25.1. The van der Waals surface area contributed by atoms with Crippen LogP contribution < -0.4 is 15.4 Å². The highest BCUT2D eigenvalue weighted by Gasteiger charge is 2.50. The maximum absolute atomic E-state index is 10.5. The van der Waals surface area contributed by atoms with E-state index in [1.165, 1.54) is 11.6 Å². The molecule has 0 saturated carbocycles. The normalized spacial score (nSPS) is 27.9. The molecule has 1 amide bonds. The number of methoxy groups -OCH3 is 1. The van der Waals surface area contributed by atoms with Crippen molar-refractivity contribution >= 4 is 24.0 Å². The number of amides is 1. The van der Waals surface area contributed by atoms with Crippen LogP contribution in [0.25, 0.3) is 0 Å². The molecule has 0 unspecified atom stereocenters. The summed E-state index contributed by atoms with van der Waals surface area (Å²) in [6.07, 6.45) is -13.9. The summed E-state index contributed by atoms with van der Waals surface area (Å²) in [5, 5.41) is 118. The molecule has 0 radical (unpaired) electrons. The third-order valence-electron chi connectivity index (χ3n) is 8.33. The van der Waals surface area contributed by atoms with Crippen molar-refractivity contribution in [3.63, 3.8) is 0 Å². The Morgan fingerprint density at radius 1 is 0.842 bits per heavy atom. The average Bonchev–Trinajstić information content (AvgIpc) is 3.17. The van der Waals surface area contributed by atoms with Gasteiger partial charge in [-0.15, -0.1) is 0 Å². The summed E-state index contributed by atoms with van der Waals surface area (Å²) >= 11 is 0. The number of anilines is 1. The van der Waals surface area contributed by atoms with Crippen LogP contribution in [-0.4, -0.2) is 179 Å². The van der Waals surface area contributed by atoms with Crippen LogP contribution in [0.4, 0.5) is 5.69 Å². The molecule has 2 saturated heterocycles. The number of rotatable bonds is 15. The first-order chi connectivity index (χ1) is 26.5. The first kappa shape index (κ1) is 50.6. The largest absolute Gasteiger partial charge is 0.506 e. The minimum atomic E-state index is -1.74. The molecule has 2 aliphatic rings. The molecule has 16 N–H and O–H groups in total. The molecule has 4 rings (SSSR count). The van der Waals surface area contributed by atoms with Crippen molar-refractivity contribution < 1.29 is 100 Å². The molecule has 0 aromatic heterocycles. The molecule has 22 heteroatoms. The lowest BCUT2D eigenvalue weighted by Gasteiger charge is -2.45. The Hall–Kier alpha value is -4.37. The second-order valence-electron chi connectivity index (χ2n) is 12.5. The highest BCUT2D eigenvalue weighted by Crippen LogP contribution is 2.29. The van der Waals surface area contributed by atoms with Crippen LogP contribution >= 0.6 is 0 Å². The van der Waals surface area contributed by atoms with Gasteiger partial charge in [-0.2, -0.15) is 0 Å². The second-order valence-corrected chi connectivity index (χ2v) is 12.5. The van der Waals surface area contributed by atoms with E-state index in [-0.39, 0.29) is 23.0 Å². The smallest absolute Gasteiger partial charge is 0.328 e. The van der Waals surface area contributed by atoms with E-state index in [4.69, 9.17) is 34.3 Å². The molecule has 2 aliphatic heterocycles. The van der Waals surface area contributed by atoms with Crippen LogP contribution in [0.2, 0.25) is 0 Å². The van der Waals surface area contributed by atoms with Crippen molar-refractivity contribution in [2.75, 3.05) is 32.2 Å². The highest BCUT2D eigenvalue weighted by atomic mass is 16.7. The van der Waals surface area contributed by atoms with Crippen LogP contribution in [0, 0.1) is 0 Å². The lowest BCUT2D eigenvalue weighted by Crippen LogP contribution is -2.64. The number of aliphatic carboxylic acids is 2. The molecule has 0 aliphatic carbocycles. The zero-order valence-electron chi connectivity index (χ0n) is 30.8. The molecule has 0 bridgehead atoms. The Kier molecular flexibility index (Phi) is 22.3. The Labute approximate surface area is 325 Å².